The van der Waals surface area contributed by atoms with Gasteiger partial charge in [-0.25, -0.2) is 9.78 Å². The number of nitrogens with zero attached hydrogens (tertiary/aromatic N) is 3. The average molecular weight is 301 g/mol. The highest BCUT2D eigenvalue weighted by Crippen LogP contribution is 2.24. The molecular weight excluding hydrogens is 282 g/mol. The van der Waals surface area contributed by atoms with Crippen molar-refractivity contribution in [3.05, 3.63) is 41.5 Å². The van der Waals surface area contributed by atoms with Crippen LogP contribution in [0.2, 0.25) is 0 Å². The van der Waals surface area contributed by atoms with Crippen LogP contribution in [0.5, 0.6) is 5.75 Å². The minimum Gasteiger partial charge on any atom is -0.489 e. The lowest BCUT2D eigenvalue weighted by atomic mass is 10.2. The van der Waals surface area contributed by atoms with Crippen LogP contribution in [0, 0.1) is 6.92 Å². The highest BCUT2D eigenvalue weighted by molar-refractivity contribution is 5.74. The van der Waals surface area contributed by atoms with E-state index in [9.17, 15) is 4.79 Å². The van der Waals surface area contributed by atoms with Gasteiger partial charge in [-0.1, -0.05) is 18.2 Å². The number of hydrogen-bond acceptors (Lipinski definition) is 4. The molecule has 7 nitrogen and oxygen atoms in total. The van der Waals surface area contributed by atoms with E-state index >= 15 is 0 Å². The van der Waals surface area contributed by atoms with Gasteiger partial charge in [-0.15, -0.1) is 0 Å². The molecule has 1 aliphatic heterocycles. The van der Waals surface area contributed by atoms with Gasteiger partial charge in [0.1, 0.15) is 17.7 Å². The number of carbonyl (C=O) groups excluding carboxylic acids is 1. The Bertz CT molecular complexity index is 669. The summed E-state index contributed by atoms with van der Waals surface area (Å²) in [5.74, 6) is 2.15. The van der Waals surface area contributed by atoms with Gasteiger partial charge in [0.25, 0.3) is 0 Å². The number of H-pyrrole nitrogens is 1. The highest BCUT2D eigenvalue weighted by atomic mass is 16.5. The largest absolute Gasteiger partial charge is 0.489 e. The minimum absolute atomic E-state index is 0.0554. The summed E-state index contributed by atoms with van der Waals surface area (Å²) in [6.07, 6.45) is -0.0554. The van der Waals surface area contributed by atoms with Crippen LogP contribution in [-0.4, -0.2) is 38.8 Å². The normalized spacial score (nSPS) is 17.4. The third-order valence-corrected chi connectivity index (χ3v) is 3.47. The molecule has 1 aromatic heterocycles. The fourth-order valence-corrected chi connectivity index (χ4v) is 2.47. The predicted octanol–water partition coefficient (Wildman–Crippen LogP) is 1.61. The van der Waals surface area contributed by atoms with Crippen LogP contribution >= 0.6 is 0 Å². The van der Waals surface area contributed by atoms with E-state index in [2.05, 4.69) is 20.5 Å². The molecule has 2 aromatic rings. The third-order valence-electron chi connectivity index (χ3n) is 3.47. The summed E-state index contributed by atoms with van der Waals surface area (Å²) in [6.45, 7) is 5.15. The molecule has 1 unspecified atom stereocenters. The molecule has 7 heteroatoms. The van der Waals surface area contributed by atoms with Crippen molar-refractivity contribution in [2.24, 2.45) is 0 Å². The van der Waals surface area contributed by atoms with Crippen molar-refractivity contribution in [1.82, 2.24) is 25.4 Å². The van der Waals surface area contributed by atoms with E-state index in [4.69, 9.17) is 4.74 Å². The average Bonchev–Trinajstić information content (AvgIpc) is 2.83. The molecule has 2 heterocycles. The zero-order chi connectivity index (χ0) is 15.5. The van der Waals surface area contributed by atoms with Crippen molar-refractivity contribution in [2.45, 2.75) is 33.0 Å². The van der Waals surface area contributed by atoms with Gasteiger partial charge >= 0.3 is 6.03 Å². The number of amides is 2. The molecule has 0 saturated carbocycles. The fraction of sp³-hybridized carbons (Fsp3) is 0.400. The van der Waals surface area contributed by atoms with Crippen molar-refractivity contribution >= 4 is 6.03 Å². The topological polar surface area (TPSA) is 83.1 Å². The molecule has 22 heavy (non-hydrogen) atoms. The molecule has 1 aromatic carbocycles. The summed E-state index contributed by atoms with van der Waals surface area (Å²) in [5, 5.41) is 9.61. The fourth-order valence-electron chi connectivity index (χ4n) is 2.47. The molecule has 0 aliphatic carbocycles. The van der Waals surface area contributed by atoms with Gasteiger partial charge in [0.05, 0.1) is 19.6 Å². The predicted molar refractivity (Wildman–Crippen MR) is 80.3 cm³/mol. The van der Waals surface area contributed by atoms with Crippen LogP contribution in [0.3, 0.4) is 0 Å². The molecule has 1 atom stereocenters. The molecule has 0 radical (unpaired) electrons. The van der Waals surface area contributed by atoms with Gasteiger partial charge in [-0.2, -0.15) is 5.10 Å². The van der Waals surface area contributed by atoms with Crippen molar-refractivity contribution in [3.8, 4) is 5.75 Å². The Morgan fingerprint density at radius 1 is 1.50 bits per heavy atom. The molecule has 2 N–H and O–H groups in total. The van der Waals surface area contributed by atoms with E-state index in [0.717, 1.165) is 17.1 Å². The van der Waals surface area contributed by atoms with Crippen molar-refractivity contribution in [3.63, 3.8) is 0 Å². The Kier molecular flexibility index (Phi) is 3.95. The smallest absolute Gasteiger partial charge is 0.318 e. The summed E-state index contributed by atoms with van der Waals surface area (Å²) in [4.78, 5) is 18.3. The number of fused-ring (bicyclic) bond motifs is 1. The van der Waals surface area contributed by atoms with Crippen LogP contribution in [0.25, 0.3) is 0 Å². The second-order valence-corrected chi connectivity index (χ2v) is 5.41. The number of urea groups is 1. The number of hydrogen-bond donors (Lipinski definition) is 2. The minimum atomic E-state index is -0.144. The van der Waals surface area contributed by atoms with E-state index in [1.54, 1.807) is 4.90 Å². The van der Waals surface area contributed by atoms with Gasteiger partial charge in [0.2, 0.25) is 0 Å². The molecule has 0 fully saturated rings. The van der Waals surface area contributed by atoms with Gasteiger partial charge in [-0.05, 0) is 19.9 Å². The van der Waals surface area contributed by atoms with E-state index in [1.165, 1.54) is 0 Å². The third kappa shape index (κ3) is 3.19. The summed E-state index contributed by atoms with van der Waals surface area (Å²) in [6, 6.07) is 7.66. The maximum absolute atomic E-state index is 12.4. The van der Waals surface area contributed by atoms with E-state index < -0.39 is 0 Å². The first-order valence-corrected chi connectivity index (χ1v) is 7.27. The van der Waals surface area contributed by atoms with Gasteiger partial charge < -0.3 is 15.0 Å². The number of rotatable bonds is 2. The number of ether oxygens (including phenoxy) is 1. The summed E-state index contributed by atoms with van der Waals surface area (Å²) < 4.78 is 5.85. The lowest BCUT2D eigenvalue weighted by Crippen LogP contribution is -2.42. The summed E-state index contributed by atoms with van der Waals surface area (Å²) in [7, 11) is 0. The second kappa shape index (κ2) is 6.05. The number of carbonyl (C=O) groups is 1. The Hall–Kier alpha value is -2.57. The molecule has 0 saturated heterocycles. The first-order chi connectivity index (χ1) is 10.6. The van der Waals surface area contributed by atoms with Crippen LogP contribution < -0.4 is 10.1 Å². The zero-order valence-electron chi connectivity index (χ0n) is 12.7. The lowest BCUT2D eigenvalue weighted by Gasteiger charge is -2.22. The molecular formula is C15H19N5O2. The quantitative estimate of drug-likeness (QED) is 0.882. The molecule has 2 amide bonds. The second-order valence-electron chi connectivity index (χ2n) is 5.41. The monoisotopic (exact) mass is 301 g/mol. The summed E-state index contributed by atoms with van der Waals surface area (Å²) >= 11 is 0. The number of para-hydroxylation sites is 1. The standard InChI is InChI=1S/C15H19N5O2/c1-10-8-20(9-12-5-3-4-6-13(12)22-10)15(21)16-7-14-17-11(2)18-19-14/h3-6,10H,7-9H2,1-2H3,(H,16,21)(H,17,18,19). The first-order valence-electron chi connectivity index (χ1n) is 7.27. The van der Waals surface area contributed by atoms with Crippen LogP contribution in [0.1, 0.15) is 24.1 Å². The van der Waals surface area contributed by atoms with Gasteiger partial charge in [-0.3, -0.25) is 5.10 Å². The Morgan fingerprint density at radius 3 is 3.09 bits per heavy atom. The lowest BCUT2D eigenvalue weighted by molar-refractivity contribution is 0.158. The maximum Gasteiger partial charge on any atom is 0.318 e. The number of benzene rings is 1. The Labute approximate surface area is 128 Å². The molecule has 116 valence electrons. The van der Waals surface area contributed by atoms with Gasteiger partial charge in [0.15, 0.2) is 5.82 Å². The van der Waals surface area contributed by atoms with Crippen molar-refractivity contribution in [2.75, 3.05) is 6.54 Å². The zero-order valence-corrected chi connectivity index (χ0v) is 12.7. The molecule has 0 bridgehead atoms. The number of aromatic amines is 1. The summed E-state index contributed by atoms with van der Waals surface area (Å²) in [5.41, 5.74) is 1.01. The van der Waals surface area contributed by atoms with Crippen LogP contribution in [0.4, 0.5) is 4.79 Å². The van der Waals surface area contributed by atoms with E-state index in [1.807, 2.05) is 38.1 Å². The number of aryl methyl sites for hydroxylation is 1. The number of aromatic nitrogens is 3. The van der Waals surface area contributed by atoms with Crippen LogP contribution in [0.15, 0.2) is 24.3 Å². The Balaban J connectivity index is 1.67. The van der Waals surface area contributed by atoms with E-state index in [0.29, 0.717) is 25.5 Å². The van der Waals surface area contributed by atoms with E-state index in [-0.39, 0.29) is 12.1 Å². The van der Waals surface area contributed by atoms with Crippen molar-refractivity contribution < 1.29 is 9.53 Å². The van der Waals surface area contributed by atoms with Gasteiger partial charge in [0, 0.05) is 5.56 Å². The first kappa shape index (κ1) is 14.4. The SMILES string of the molecule is Cc1nc(CNC(=O)N2Cc3ccccc3OC(C)C2)n[nH]1. The maximum atomic E-state index is 12.4. The van der Waals surface area contributed by atoms with Crippen molar-refractivity contribution in [1.29, 1.82) is 0 Å². The molecule has 0 spiro atoms. The Morgan fingerprint density at radius 2 is 2.32 bits per heavy atom. The molecule has 1 aliphatic rings. The highest BCUT2D eigenvalue weighted by Gasteiger charge is 2.23. The number of nitrogens with one attached hydrogen (secondary N) is 2. The van der Waals surface area contributed by atoms with Crippen LogP contribution in [-0.2, 0) is 13.1 Å². The molecule has 3 rings (SSSR count).